The summed E-state index contributed by atoms with van der Waals surface area (Å²) in [6.45, 7) is 9.77. The van der Waals surface area contributed by atoms with Crippen molar-refractivity contribution in [1.82, 2.24) is 30.8 Å². The van der Waals surface area contributed by atoms with Crippen LogP contribution in [-0.4, -0.2) is 78.7 Å². The summed E-state index contributed by atoms with van der Waals surface area (Å²) >= 11 is 6.54. The van der Waals surface area contributed by atoms with Gasteiger partial charge in [0.25, 0.3) is 0 Å². The summed E-state index contributed by atoms with van der Waals surface area (Å²) < 4.78 is 7.86. The molecule has 2 aliphatic rings. The number of hydrogen-bond donors (Lipinski definition) is 5. The second-order valence-electron chi connectivity index (χ2n) is 14.8. The number of anilines is 2. The number of ether oxygens (including phenoxy) is 1. The summed E-state index contributed by atoms with van der Waals surface area (Å²) in [5.74, 6) is 0.00701. The van der Waals surface area contributed by atoms with Crippen LogP contribution in [0.3, 0.4) is 0 Å². The maximum atomic E-state index is 12.6. The second-order valence-corrected chi connectivity index (χ2v) is 19.0. The van der Waals surface area contributed by atoms with Crippen LogP contribution >= 0.6 is 45.3 Å². The lowest BCUT2D eigenvalue weighted by Gasteiger charge is -2.30. The third-order valence-electron chi connectivity index (χ3n) is 9.36. The van der Waals surface area contributed by atoms with Crippen molar-refractivity contribution >= 4 is 93.7 Å². The molecule has 6 heterocycles. The van der Waals surface area contributed by atoms with Gasteiger partial charge in [0.2, 0.25) is 11.8 Å². The molecule has 0 spiro atoms. The zero-order chi connectivity index (χ0) is 40.1. The quantitative estimate of drug-likeness (QED) is 0.0923. The van der Waals surface area contributed by atoms with Crippen molar-refractivity contribution < 1.29 is 19.1 Å². The summed E-state index contributed by atoms with van der Waals surface area (Å²) in [7, 11) is 3.68. The smallest absolute Gasteiger partial charge is 0.410 e. The van der Waals surface area contributed by atoms with Gasteiger partial charge in [-0.05, 0) is 89.6 Å². The van der Waals surface area contributed by atoms with Crippen molar-refractivity contribution in [2.24, 2.45) is 0 Å². The summed E-state index contributed by atoms with van der Waals surface area (Å²) in [5.41, 5.74) is 6.05. The SMILES string of the molecule is CNCCC(=O)Nc1sc2c(c1-c1nc3ccccc3s1)CCN(C(=O)OC(C)(C)C)C2.CNCCC(=O)Nc1sc2c(c1-c1nc3ccccc3s1)CCNC2. The zero-order valence-corrected chi connectivity index (χ0v) is 36.1. The van der Waals surface area contributed by atoms with E-state index in [4.69, 9.17) is 14.7 Å². The first-order chi connectivity index (χ1) is 27.5. The van der Waals surface area contributed by atoms with Gasteiger partial charge in [0.15, 0.2) is 0 Å². The molecule has 3 amide bonds. The Morgan fingerprint density at radius 2 is 1.28 bits per heavy atom. The minimum Gasteiger partial charge on any atom is -0.444 e. The van der Waals surface area contributed by atoms with Gasteiger partial charge in [-0.25, -0.2) is 14.8 Å². The number of nitrogens with zero attached hydrogens (tertiary/aromatic N) is 3. The lowest BCUT2D eigenvalue weighted by molar-refractivity contribution is -0.116. The van der Waals surface area contributed by atoms with Crippen molar-refractivity contribution in [3.63, 3.8) is 0 Å². The number of hydrogen-bond acceptors (Lipinski definition) is 13. The van der Waals surface area contributed by atoms with E-state index in [0.29, 0.717) is 45.4 Å². The van der Waals surface area contributed by atoms with E-state index in [1.165, 1.54) is 26.5 Å². The van der Waals surface area contributed by atoms with E-state index in [0.717, 1.165) is 76.8 Å². The average molecular weight is 845 g/mol. The number of fused-ring (bicyclic) bond motifs is 4. The minimum absolute atomic E-state index is 0.0377. The number of nitrogens with one attached hydrogen (secondary N) is 5. The number of benzene rings is 2. The summed E-state index contributed by atoms with van der Waals surface area (Å²) in [5, 5.41) is 19.3. The number of rotatable bonds is 10. The number of carbonyl (C=O) groups excluding carboxylic acids is 3. The molecule has 300 valence electrons. The van der Waals surface area contributed by atoms with E-state index in [1.54, 1.807) is 38.9 Å². The molecule has 16 heteroatoms. The van der Waals surface area contributed by atoms with E-state index in [1.807, 2.05) is 71.3 Å². The van der Waals surface area contributed by atoms with Gasteiger partial charge in [-0.15, -0.1) is 45.3 Å². The van der Waals surface area contributed by atoms with Gasteiger partial charge < -0.3 is 36.2 Å². The molecule has 0 atom stereocenters. The van der Waals surface area contributed by atoms with Crippen LogP contribution in [0.2, 0.25) is 0 Å². The molecule has 0 radical (unpaired) electrons. The number of para-hydroxylation sites is 2. The van der Waals surface area contributed by atoms with Crippen molar-refractivity contribution in [2.45, 2.75) is 65.1 Å². The number of thiophene rings is 2. The fourth-order valence-electron chi connectivity index (χ4n) is 6.66. The molecule has 0 saturated carbocycles. The molecular formula is C41H48N8O4S4. The topological polar surface area (TPSA) is 150 Å². The van der Waals surface area contributed by atoms with E-state index < -0.39 is 5.60 Å². The van der Waals surface area contributed by atoms with Crippen LogP contribution in [-0.2, 0) is 40.3 Å². The Labute approximate surface area is 348 Å². The Kier molecular flexibility index (Phi) is 13.0. The predicted molar refractivity (Wildman–Crippen MR) is 236 cm³/mol. The van der Waals surface area contributed by atoms with Crippen LogP contribution in [0, 0.1) is 0 Å². The molecule has 2 aliphatic heterocycles. The molecule has 0 aliphatic carbocycles. The monoisotopic (exact) mass is 844 g/mol. The highest BCUT2D eigenvalue weighted by atomic mass is 32.1. The molecule has 0 fully saturated rings. The Bertz CT molecular complexity index is 2320. The average Bonchev–Trinajstić information content (AvgIpc) is 3.97. The highest BCUT2D eigenvalue weighted by Gasteiger charge is 2.32. The molecule has 0 saturated heterocycles. The summed E-state index contributed by atoms with van der Waals surface area (Å²) in [6, 6.07) is 16.2. The Morgan fingerprint density at radius 3 is 1.81 bits per heavy atom. The van der Waals surface area contributed by atoms with Crippen molar-refractivity contribution in [3.05, 3.63) is 69.4 Å². The fraction of sp³-hybridized carbons (Fsp3) is 0.390. The Balaban J connectivity index is 0.000000179. The Hall–Kier alpha value is -4.29. The summed E-state index contributed by atoms with van der Waals surface area (Å²) in [4.78, 5) is 51.2. The zero-order valence-electron chi connectivity index (χ0n) is 32.8. The predicted octanol–water partition coefficient (Wildman–Crippen LogP) is 8.08. The maximum absolute atomic E-state index is 12.6. The third kappa shape index (κ3) is 9.71. The molecule has 8 rings (SSSR count). The molecule has 4 aromatic heterocycles. The largest absolute Gasteiger partial charge is 0.444 e. The number of aromatic nitrogens is 2. The van der Waals surface area contributed by atoms with E-state index in [2.05, 4.69) is 38.7 Å². The molecule has 6 aromatic rings. The molecule has 12 nitrogen and oxygen atoms in total. The van der Waals surface area contributed by atoms with Crippen LogP contribution in [0.1, 0.15) is 54.5 Å². The third-order valence-corrected chi connectivity index (χ3v) is 13.7. The van der Waals surface area contributed by atoms with Crippen LogP contribution in [0.4, 0.5) is 14.8 Å². The number of carbonyl (C=O) groups is 3. The lowest BCUT2D eigenvalue weighted by atomic mass is 10.0. The molecule has 5 N–H and O–H groups in total. The van der Waals surface area contributed by atoms with Crippen LogP contribution in [0.15, 0.2) is 48.5 Å². The molecule has 2 aromatic carbocycles. The van der Waals surface area contributed by atoms with Gasteiger partial charge in [-0.1, -0.05) is 24.3 Å². The van der Waals surface area contributed by atoms with E-state index in [-0.39, 0.29) is 17.9 Å². The fourth-order valence-corrected chi connectivity index (χ4v) is 11.4. The van der Waals surface area contributed by atoms with Gasteiger partial charge in [0, 0.05) is 59.9 Å². The molecule has 0 unspecified atom stereocenters. The molecule has 0 bridgehead atoms. The highest BCUT2D eigenvalue weighted by molar-refractivity contribution is 7.23. The van der Waals surface area contributed by atoms with Gasteiger partial charge >= 0.3 is 6.09 Å². The second kappa shape index (κ2) is 18.1. The van der Waals surface area contributed by atoms with Crippen LogP contribution in [0.5, 0.6) is 0 Å². The van der Waals surface area contributed by atoms with Crippen LogP contribution in [0.25, 0.3) is 41.6 Å². The lowest BCUT2D eigenvalue weighted by Crippen LogP contribution is -2.39. The first-order valence-electron chi connectivity index (χ1n) is 19.1. The van der Waals surface area contributed by atoms with Gasteiger partial charge in [0.1, 0.15) is 25.6 Å². The number of thiazole rings is 2. The van der Waals surface area contributed by atoms with E-state index in [9.17, 15) is 14.4 Å². The first kappa shape index (κ1) is 40.9. The molecular weight excluding hydrogens is 797 g/mol. The van der Waals surface area contributed by atoms with Gasteiger partial charge in [0.05, 0.1) is 27.0 Å². The maximum Gasteiger partial charge on any atom is 0.410 e. The van der Waals surface area contributed by atoms with Crippen molar-refractivity contribution in [3.8, 4) is 21.1 Å². The van der Waals surface area contributed by atoms with Crippen LogP contribution < -0.4 is 26.6 Å². The highest BCUT2D eigenvalue weighted by Crippen LogP contribution is 2.47. The summed E-state index contributed by atoms with van der Waals surface area (Å²) in [6.07, 6.45) is 2.23. The standard InChI is InChI=1S/C23H28N4O3S2.C18H20N4OS2/c1-23(2,3)30-22(29)27-12-10-14-17(13-27)32-21(26-18(28)9-11-24-4)19(14)20-25-15-7-5-6-8-16(15)31-20;1-19-8-7-15(23)22-18-16(11-6-9-20-10-14(11)25-18)17-21-12-4-2-3-5-13(12)24-17/h5-8,24H,9-13H2,1-4H3,(H,26,28);2-5,19-20H,6-10H2,1H3,(H,22,23). The minimum atomic E-state index is -0.536. The van der Waals surface area contributed by atoms with Gasteiger partial charge in [-0.2, -0.15) is 0 Å². The van der Waals surface area contributed by atoms with Gasteiger partial charge in [-0.3, -0.25) is 9.59 Å². The normalized spacial score (nSPS) is 13.8. The number of amides is 3. The Morgan fingerprint density at radius 1 is 0.754 bits per heavy atom. The molecule has 57 heavy (non-hydrogen) atoms. The van der Waals surface area contributed by atoms with E-state index >= 15 is 0 Å². The first-order valence-corrected chi connectivity index (χ1v) is 22.4. The van der Waals surface area contributed by atoms with Crippen molar-refractivity contribution in [2.75, 3.05) is 50.9 Å². The van der Waals surface area contributed by atoms with Crippen molar-refractivity contribution in [1.29, 1.82) is 0 Å².